The van der Waals surface area contributed by atoms with Gasteiger partial charge in [0.25, 0.3) is 0 Å². The Morgan fingerprint density at radius 3 is 2.64 bits per heavy atom. The minimum Gasteiger partial charge on any atom is -0.379 e. The average molecular weight is 342 g/mol. The highest BCUT2D eigenvalue weighted by Gasteiger charge is 2.16. The molecule has 3 rings (SSSR count). The van der Waals surface area contributed by atoms with Gasteiger partial charge in [-0.3, -0.25) is 9.89 Å². The second-order valence-corrected chi connectivity index (χ2v) is 6.48. The van der Waals surface area contributed by atoms with Gasteiger partial charge < -0.3 is 15.0 Å². The third-order valence-corrected chi connectivity index (χ3v) is 4.77. The molecule has 0 aliphatic carbocycles. The highest BCUT2D eigenvalue weighted by Crippen LogP contribution is 2.21. The molecule has 25 heavy (non-hydrogen) atoms. The standard InChI is InChI=1S/C20H30N4O/c1-2-21-20(22-10-13-23-14-16-25-17-15-23)24-11-8-19(9-12-24)18-6-4-3-5-7-18/h3-8H,2,9-17H2,1H3,(H,21,22). The normalized spacial score (nSPS) is 19.6. The van der Waals surface area contributed by atoms with E-state index in [1.165, 1.54) is 11.1 Å². The van der Waals surface area contributed by atoms with Crippen LogP contribution in [0.1, 0.15) is 18.9 Å². The molecule has 2 aliphatic rings. The molecule has 0 aromatic heterocycles. The van der Waals surface area contributed by atoms with Gasteiger partial charge in [0.1, 0.15) is 0 Å². The Morgan fingerprint density at radius 1 is 1.16 bits per heavy atom. The zero-order chi connectivity index (χ0) is 17.3. The fourth-order valence-electron chi connectivity index (χ4n) is 3.32. The molecule has 0 amide bonds. The first-order valence-corrected chi connectivity index (χ1v) is 9.44. The van der Waals surface area contributed by atoms with Crippen molar-refractivity contribution in [2.45, 2.75) is 13.3 Å². The lowest BCUT2D eigenvalue weighted by atomic mass is 10.00. The van der Waals surface area contributed by atoms with Gasteiger partial charge in [-0.05, 0) is 24.5 Å². The number of rotatable bonds is 5. The lowest BCUT2D eigenvalue weighted by molar-refractivity contribution is 0.0394. The van der Waals surface area contributed by atoms with Crippen molar-refractivity contribution in [3.8, 4) is 0 Å². The quantitative estimate of drug-likeness (QED) is 0.657. The summed E-state index contributed by atoms with van der Waals surface area (Å²) in [5, 5.41) is 3.45. The molecule has 2 heterocycles. The lowest BCUT2D eigenvalue weighted by Crippen LogP contribution is -2.44. The van der Waals surface area contributed by atoms with E-state index >= 15 is 0 Å². The summed E-state index contributed by atoms with van der Waals surface area (Å²) in [5.41, 5.74) is 2.79. The van der Waals surface area contributed by atoms with Gasteiger partial charge in [0, 0.05) is 39.3 Å². The van der Waals surface area contributed by atoms with E-state index in [0.29, 0.717) is 0 Å². The molecule has 2 aliphatic heterocycles. The second kappa shape index (κ2) is 9.59. The topological polar surface area (TPSA) is 40.1 Å². The number of ether oxygens (including phenoxy) is 1. The van der Waals surface area contributed by atoms with E-state index in [2.05, 4.69) is 58.4 Å². The van der Waals surface area contributed by atoms with Gasteiger partial charge in [-0.2, -0.15) is 0 Å². The van der Waals surface area contributed by atoms with E-state index in [1.54, 1.807) is 0 Å². The van der Waals surface area contributed by atoms with Crippen LogP contribution in [-0.2, 0) is 4.74 Å². The molecule has 0 radical (unpaired) electrons. The molecular weight excluding hydrogens is 312 g/mol. The maximum Gasteiger partial charge on any atom is 0.194 e. The number of benzene rings is 1. The van der Waals surface area contributed by atoms with Crippen LogP contribution in [0.4, 0.5) is 0 Å². The van der Waals surface area contributed by atoms with Crippen molar-refractivity contribution in [2.75, 3.05) is 59.0 Å². The Morgan fingerprint density at radius 2 is 1.96 bits per heavy atom. The maximum absolute atomic E-state index is 5.40. The summed E-state index contributed by atoms with van der Waals surface area (Å²) in [7, 11) is 0. The first kappa shape index (κ1) is 18.0. The third kappa shape index (κ3) is 5.31. The van der Waals surface area contributed by atoms with Crippen LogP contribution >= 0.6 is 0 Å². The molecule has 1 N–H and O–H groups in total. The van der Waals surface area contributed by atoms with Gasteiger partial charge in [0.2, 0.25) is 0 Å². The summed E-state index contributed by atoms with van der Waals surface area (Å²) >= 11 is 0. The summed E-state index contributed by atoms with van der Waals surface area (Å²) in [5.74, 6) is 1.04. The van der Waals surface area contributed by atoms with Crippen LogP contribution in [-0.4, -0.2) is 74.8 Å². The van der Waals surface area contributed by atoms with Crippen LogP contribution in [0.15, 0.2) is 41.4 Å². The molecule has 0 atom stereocenters. The molecular formula is C20H30N4O. The minimum absolute atomic E-state index is 0.841. The summed E-state index contributed by atoms with van der Waals surface area (Å²) in [6.07, 6.45) is 3.41. The van der Waals surface area contributed by atoms with E-state index in [9.17, 15) is 0 Å². The Bertz CT molecular complexity index is 579. The molecule has 136 valence electrons. The summed E-state index contributed by atoms with van der Waals surface area (Å²) in [4.78, 5) is 9.64. The van der Waals surface area contributed by atoms with Crippen molar-refractivity contribution in [1.29, 1.82) is 0 Å². The van der Waals surface area contributed by atoms with Crippen molar-refractivity contribution in [3.63, 3.8) is 0 Å². The molecule has 0 unspecified atom stereocenters. The number of nitrogens with one attached hydrogen (secondary N) is 1. The zero-order valence-corrected chi connectivity index (χ0v) is 15.3. The van der Waals surface area contributed by atoms with Gasteiger partial charge in [0.05, 0.1) is 19.8 Å². The van der Waals surface area contributed by atoms with E-state index in [4.69, 9.17) is 9.73 Å². The van der Waals surface area contributed by atoms with Gasteiger partial charge in [0.15, 0.2) is 5.96 Å². The number of aliphatic imine (C=N–C) groups is 1. The molecule has 1 aromatic carbocycles. The first-order valence-electron chi connectivity index (χ1n) is 9.44. The maximum atomic E-state index is 5.40. The van der Waals surface area contributed by atoms with Crippen molar-refractivity contribution >= 4 is 11.5 Å². The Labute approximate surface area is 151 Å². The van der Waals surface area contributed by atoms with E-state index in [0.717, 1.165) is 71.4 Å². The summed E-state index contributed by atoms with van der Waals surface area (Å²) in [6.45, 7) is 10.6. The largest absolute Gasteiger partial charge is 0.379 e. The molecule has 0 bridgehead atoms. The van der Waals surface area contributed by atoms with Crippen LogP contribution in [0.25, 0.3) is 5.57 Å². The van der Waals surface area contributed by atoms with Crippen molar-refractivity contribution in [2.24, 2.45) is 4.99 Å². The minimum atomic E-state index is 0.841. The number of hydrogen-bond donors (Lipinski definition) is 1. The predicted molar refractivity (Wildman–Crippen MR) is 104 cm³/mol. The second-order valence-electron chi connectivity index (χ2n) is 6.48. The van der Waals surface area contributed by atoms with Crippen LogP contribution < -0.4 is 5.32 Å². The van der Waals surface area contributed by atoms with E-state index in [1.807, 2.05) is 0 Å². The number of guanidine groups is 1. The molecule has 1 fully saturated rings. The first-order chi connectivity index (χ1) is 12.4. The van der Waals surface area contributed by atoms with E-state index < -0.39 is 0 Å². The fraction of sp³-hybridized carbons (Fsp3) is 0.550. The van der Waals surface area contributed by atoms with Crippen molar-refractivity contribution in [3.05, 3.63) is 42.0 Å². The van der Waals surface area contributed by atoms with Gasteiger partial charge in [-0.15, -0.1) is 0 Å². The van der Waals surface area contributed by atoms with Gasteiger partial charge in [-0.25, -0.2) is 0 Å². The van der Waals surface area contributed by atoms with Crippen LogP contribution in [0.2, 0.25) is 0 Å². The van der Waals surface area contributed by atoms with E-state index in [-0.39, 0.29) is 0 Å². The molecule has 1 saturated heterocycles. The molecule has 5 nitrogen and oxygen atoms in total. The molecule has 5 heteroatoms. The number of hydrogen-bond acceptors (Lipinski definition) is 3. The average Bonchev–Trinajstić information content (AvgIpc) is 2.69. The smallest absolute Gasteiger partial charge is 0.194 e. The number of nitrogens with zero attached hydrogens (tertiary/aromatic N) is 3. The Kier molecular flexibility index (Phi) is 6.89. The monoisotopic (exact) mass is 342 g/mol. The molecule has 1 aromatic rings. The third-order valence-electron chi connectivity index (χ3n) is 4.77. The Hall–Kier alpha value is -1.85. The van der Waals surface area contributed by atoms with Crippen LogP contribution in [0, 0.1) is 0 Å². The Balaban J connectivity index is 1.55. The number of morpholine rings is 1. The highest BCUT2D eigenvalue weighted by atomic mass is 16.5. The predicted octanol–water partition coefficient (Wildman–Crippen LogP) is 2.07. The lowest BCUT2D eigenvalue weighted by Gasteiger charge is -2.30. The van der Waals surface area contributed by atoms with Crippen molar-refractivity contribution < 1.29 is 4.74 Å². The molecule has 0 saturated carbocycles. The van der Waals surface area contributed by atoms with Crippen LogP contribution in [0.5, 0.6) is 0 Å². The van der Waals surface area contributed by atoms with Crippen LogP contribution in [0.3, 0.4) is 0 Å². The SMILES string of the molecule is CCNC(=NCCN1CCOCC1)N1CC=C(c2ccccc2)CC1. The summed E-state index contributed by atoms with van der Waals surface area (Å²) < 4.78 is 5.40. The van der Waals surface area contributed by atoms with Crippen molar-refractivity contribution in [1.82, 2.24) is 15.1 Å². The fourth-order valence-corrected chi connectivity index (χ4v) is 3.32. The molecule has 0 spiro atoms. The zero-order valence-electron chi connectivity index (χ0n) is 15.3. The highest BCUT2D eigenvalue weighted by molar-refractivity contribution is 5.81. The van der Waals surface area contributed by atoms with Gasteiger partial charge >= 0.3 is 0 Å². The summed E-state index contributed by atoms with van der Waals surface area (Å²) in [6, 6.07) is 10.7. The van der Waals surface area contributed by atoms with Gasteiger partial charge in [-0.1, -0.05) is 36.4 Å².